The smallest absolute Gasteiger partial charge is 0.220 e. The molecule has 1 atom stereocenters. The Hall–Kier alpha value is -1.42. The number of halogens is 1. The molecule has 0 aliphatic carbocycles. The van der Waals surface area contributed by atoms with Crippen LogP contribution in [0.2, 0.25) is 0 Å². The number of carbonyl (C=O) groups is 1. The molecule has 3 nitrogen and oxygen atoms in total. The van der Waals surface area contributed by atoms with E-state index in [4.69, 9.17) is 0 Å². The molecule has 1 N–H and O–H groups in total. The van der Waals surface area contributed by atoms with Crippen molar-refractivity contribution >= 4 is 32.6 Å². The summed E-state index contributed by atoms with van der Waals surface area (Å²) in [6, 6.07) is 8.16. The van der Waals surface area contributed by atoms with Crippen molar-refractivity contribution in [2.75, 3.05) is 0 Å². The quantitative estimate of drug-likeness (QED) is 0.877. The Bertz CT molecular complexity index is 597. The van der Waals surface area contributed by atoms with E-state index in [9.17, 15) is 4.79 Å². The number of carbonyl (C=O) groups excluding carboxylic acids is 1. The number of hydrogen-bond acceptors (Lipinski definition) is 2. The summed E-state index contributed by atoms with van der Waals surface area (Å²) >= 11 is 3.50. The molecule has 1 aromatic heterocycles. The van der Waals surface area contributed by atoms with Crippen molar-refractivity contribution in [2.45, 2.75) is 18.9 Å². The van der Waals surface area contributed by atoms with Crippen LogP contribution in [0.1, 0.15) is 24.6 Å². The summed E-state index contributed by atoms with van der Waals surface area (Å²) in [5.74, 6) is 0.115. The predicted molar refractivity (Wildman–Crippen MR) is 69.6 cm³/mol. The normalized spacial score (nSPS) is 19.6. The summed E-state index contributed by atoms with van der Waals surface area (Å²) in [7, 11) is 0. The average Bonchev–Trinajstić information content (AvgIpc) is 2.77. The van der Waals surface area contributed by atoms with E-state index in [-0.39, 0.29) is 11.9 Å². The zero-order valence-electron chi connectivity index (χ0n) is 9.11. The van der Waals surface area contributed by atoms with Gasteiger partial charge in [-0.3, -0.25) is 9.78 Å². The summed E-state index contributed by atoms with van der Waals surface area (Å²) in [5.41, 5.74) is 0.967. The second-order valence-electron chi connectivity index (χ2n) is 4.20. The van der Waals surface area contributed by atoms with Gasteiger partial charge in [0.05, 0.1) is 11.7 Å². The van der Waals surface area contributed by atoms with E-state index in [1.54, 1.807) is 0 Å². The maximum Gasteiger partial charge on any atom is 0.220 e. The van der Waals surface area contributed by atoms with Gasteiger partial charge in [0.15, 0.2) is 0 Å². The minimum atomic E-state index is 0.0560. The molecule has 1 aromatic carbocycles. The molecule has 1 unspecified atom stereocenters. The maximum absolute atomic E-state index is 11.3. The fourth-order valence-corrected chi connectivity index (χ4v) is 2.73. The third-order valence-corrected chi connectivity index (χ3v) is 3.73. The molecule has 4 heteroatoms. The van der Waals surface area contributed by atoms with Crippen molar-refractivity contribution < 1.29 is 4.79 Å². The molecular formula is C13H11BrN2O. The van der Waals surface area contributed by atoms with Gasteiger partial charge in [0.1, 0.15) is 0 Å². The molecular weight excluding hydrogens is 280 g/mol. The zero-order chi connectivity index (χ0) is 11.8. The highest BCUT2D eigenvalue weighted by Gasteiger charge is 2.25. The first-order valence-electron chi connectivity index (χ1n) is 5.58. The van der Waals surface area contributed by atoms with E-state index >= 15 is 0 Å². The topological polar surface area (TPSA) is 42.0 Å². The van der Waals surface area contributed by atoms with E-state index in [1.807, 2.05) is 24.4 Å². The van der Waals surface area contributed by atoms with Crippen LogP contribution in [0, 0.1) is 0 Å². The Morgan fingerprint density at radius 3 is 2.76 bits per heavy atom. The lowest BCUT2D eigenvalue weighted by molar-refractivity contribution is -0.119. The summed E-state index contributed by atoms with van der Waals surface area (Å²) in [4.78, 5) is 15.7. The third kappa shape index (κ3) is 1.82. The van der Waals surface area contributed by atoms with Gasteiger partial charge in [0.25, 0.3) is 0 Å². The number of nitrogens with one attached hydrogen (secondary N) is 1. The van der Waals surface area contributed by atoms with Crippen LogP contribution in [0.15, 0.2) is 34.9 Å². The molecule has 17 heavy (non-hydrogen) atoms. The molecule has 2 aromatic rings. The Kier molecular flexibility index (Phi) is 2.59. The second kappa shape index (κ2) is 4.11. The molecule has 86 valence electrons. The van der Waals surface area contributed by atoms with E-state index in [0.717, 1.165) is 27.4 Å². The van der Waals surface area contributed by atoms with Gasteiger partial charge in [-0.1, -0.05) is 24.3 Å². The highest BCUT2D eigenvalue weighted by Crippen LogP contribution is 2.31. The first kappa shape index (κ1) is 10.7. The summed E-state index contributed by atoms with van der Waals surface area (Å²) in [5, 5.41) is 5.21. The van der Waals surface area contributed by atoms with E-state index in [0.29, 0.717) is 6.42 Å². The van der Waals surface area contributed by atoms with Crippen molar-refractivity contribution in [1.82, 2.24) is 10.3 Å². The molecule has 1 fully saturated rings. The van der Waals surface area contributed by atoms with Crippen LogP contribution in [-0.2, 0) is 4.79 Å². The van der Waals surface area contributed by atoms with E-state index in [2.05, 4.69) is 32.3 Å². The highest BCUT2D eigenvalue weighted by molar-refractivity contribution is 9.10. The van der Waals surface area contributed by atoms with Crippen molar-refractivity contribution in [3.63, 3.8) is 0 Å². The zero-order valence-corrected chi connectivity index (χ0v) is 10.7. The molecule has 1 amide bonds. The van der Waals surface area contributed by atoms with Crippen LogP contribution in [0.4, 0.5) is 0 Å². The summed E-state index contributed by atoms with van der Waals surface area (Å²) < 4.78 is 0.987. The molecule has 1 aliphatic rings. The number of fused-ring (bicyclic) bond motifs is 1. The Labute approximate surface area is 107 Å². The third-order valence-electron chi connectivity index (χ3n) is 3.10. The summed E-state index contributed by atoms with van der Waals surface area (Å²) in [6.45, 7) is 0. The number of nitrogens with zero attached hydrogens (tertiary/aromatic N) is 1. The molecule has 2 heterocycles. The molecule has 0 saturated carbocycles. The first-order valence-corrected chi connectivity index (χ1v) is 6.37. The predicted octanol–water partition coefficient (Wildman–Crippen LogP) is 2.95. The largest absolute Gasteiger partial charge is 0.348 e. The number of rotatable bonds is 1. The van der Waals surface area contributed by atoms with Gasteiger partial charge < -0.3 is 5.32 Å². The highest BCUT2D eigenvalue weighted by atomic mass is 79.9. The molecule has 0 radical (unpaired) electrons. The van der Waals surface area contributed by atoms with E-state index in [1.165, 1.54) is 0 Å². The van der Waals surface area contributed by atoms with Crippen molar-refractivity contribution in [3.05, 3.63) is 40.6 Å². The van der Waals surface area contributed by atoms with Crippen LogP contribution < -0.4 is 5.32 Å². The van der Waals surface area contributed by atoms with Crippen molar-refractivity contribution in [1.29, 1.82) is 0 Å². The number of aromatic nitrogens is 1. The number of amides is 1. The second-order valence-corrected chi connectivity index (χ2v) is 5.05. The van der Waals surface area contributed by atoms with Gasteiger partial charge in [0, 0.05) is 22.5 Å². The van der Waals surface area contributed by atoms with Gasteiger partial charge in [0.2, 0.25) is 5.91 Å². The minimum Gasteiger partial charge on any atom is -0.348 e. The monoisotopic (exact) mass is 290 g/mol. The lowest BCUT2D eigenvalue weighted by Gasteiger charge is -2.13. The van der Waals surface area contributed by atoms with Gasteiger partial charge in [-0.2, -0.15) is 0 Å². The van der Waals surface area contributed by atoms with Gasteiger partial charge >= 0.3 is 0 Å². The van der Waals surface area contributed by atoms with Gasteiger partial charge in [-0.05, 0) is 27.7 Å². The minimum absolute atomic E-state index is 0.0560. The molecule has 1 saturated heterocycles. The first-order chi connectivity index (χ1) is 8.25. The number of benzene rings is 1. The van der Waals surface area contributed by atoms with E-state index < -0.39 is 0 Å². The van der Waals surface area contributed by atoms with Gasteiger partial charge in [-0.15, -0.1) is 0 Å². The Balaban J connectivity index is 2.17. The fourth-order valence-electron chi connectivity index (χ4n) is 2.28. The average molecular weight is 291 g/mol. The van der Waals surface area contributed by atoms with Crippen LogP contribution in [0.3, 0.4) is 0 Å². The Morgan fingerprint density at radius 2 is 2.06 bits per heavy atom. The molecule has 0 bridgehead atoms. The standard InChI is InChI=1S/C13H11BrN2O/c14-10-7-15-13(11-5-6-12(17)16-11)9-4-2-1-3-8(9)10/h1-4,7,11H,5-6H2,(H,16,17). The Morgan fingerprint density at radius 1 is 1.29 bits per heavy atom. The lowest BCUT2D eigenvalue weighted by atomic mass is 10.0. The summed E-state index contributed by atoms with van der Waals surface area (Å²) in [6.07, 6.45) is 3.23. The molecule has 1 aliphatic heterocycles. The molecule has 3 rings (SSSR count). The van der Waals surface area contributed by atoms with Crippen molar-refractivity contribution in [3.8, 4) is 0 Å². The van der Waals surface area contributed by atoms with Crippen LogP contribution in [0.25, 0.3) is 10.8 Å². The SMILES string of the molecule is O=C1CCC(c2ncc(Br)c3ccccc23)N1. The fraction of sp³-hybridized carbons (Fsp3) is 0.231. The van der Waals surface area contributed by atoms with Crippen LogP contribution in [0.5, 0.6) is 0 Å². The number of pyridine rings is 1. The maximum atomic E-state index is 11.3. The number of hydrogen-bond donors (Lipinski definition) is 1. The van der Waals surface area contributed by atoms with Gasteiger partial charge in [-0.25, -0.2) is 0 Å². The van der Waals surface area contributed by atoms with Crippen molar-refractivity contribution in [2.24, 2.45) is 0 Å². The lowest BCUT2D eigenvalue weighted by Crippen LogP contribution is -2.19. The van der Waals surface area contributed by atoms with Crippen LogP contribution >= 0.6 is 15.9 Å². The molecule has 0 spiro atoms. The van der Waals surface area contributed by atoms with Crippen LogP contribution in [-0.4, -0.2) is 10.9 Å².